The lowest BCUT2D eigenvalue weighted by atomic mass is 10.0. The molecule has 0 unspecified atom stereocenters. The maximum absolute atomic E-state index is 12.4. The van der Waals surface area contributed by atoms with Crippen LogP contribution in [0.5, 0.6) is 11.5 Å². The van der Waals surface area contributed by atoms with Crippen molar-refractivity contribution in [1.82, 2.24) is 5.32 Å². The third kappa shape index (κ3) is 4.74. The van der Waals surface area contributed by atoms with Gasteiger partial charge in [0.15, 0.2) is 6.10 Å². The fraction of sp³-hybridized carbons (Fsp3) is 0.316. The molecular weight excluding hydrogens is 290 g/mol. The van der Waals surface area contributed by atoms with Crippen LogP contribution in [0.4, 0.5) is 0 Å². The van der Waals surface area contributed by atoms with Gasteiger partial charge < -0.3 is 14.8 Å². The van der Waals surface area contributed by atoms with Crippen molar-refractivity contribution in [1.29, 1.82) is 0 Å². The molecule has 2 aromatic carbocycles. The van der Waals surface area contributed by atoms with Gasteiger partial charge in [-0.2, -0.15) is 0 Å². The van der Waals surface area contributed by atoms with Crippen molar-refractivity contribution < 1.29 is 14.3 Å². The smallest absolute Gasteiger partial charge is 0.261 e. The van der Waals surface area contributed by atoms with Crippen molar-refractivity contribution in [2.24, 2.45) is 0 Å². The van der Waals surface area contributed by atoms with Gasteiger partial charge in [-0.15, -0.1) is 0 Å². The summed E-state index contributed by atoms with van der Waals surface area (Å²) in [5.41, 5.74) is 1.10. The second kappa shape index (κ2) is 8.22. The molecule has 0 aliphatic rings. The summed E-state index contributed by atoms with van der Waals surface area (Å²) < 4.78 is 10.8. The summed E-state index contributed by atoms with van der Waals surface area (Å²) in [4.78, 5) is 12.4. The van der Waals surface area contributed by atoms with Crippen LogP contribution in [0.3, 0.4) is 0 Å². The quantitative estimate of drug-likeness (QED) is 0.847. The lowest BCUT2D eigenvalue weighted by molar-refractivity contribution is -0.128. The minimum absolute atomic E-state index is 0.00869. The highest BCUT2D eigenvalue weighted by Crippen LogP contribution is 2.19. The number of amides is 1. The van der Waals surface area contributed by atoms with E-state index in [4.69, 9.17) is 9.47 Å². The molecular formula is C19H23NO3. The van der Waals surface area contributed by atoms with Crippen molar-refractivity contribution in [3.05, 3.63) is 60.2 Å². The number of hydrogen-bond donors (Lipinski definition) is 1. The lowest BCUT2D eigenvalue weighted by Gasteiger charge is -2.21. The van der Waals surface area contributed by atoms with Crippen LogP contribution in [-0.4, -0.2) is 19.1 Å². The molecule has 4 heteroatoms. The van der Waals surface area contributed by atoms with Crippen LogP contribution in [-0.2, 0) is 4.79 Å². The van der Waals surface area contributed by atoms with E-state index in [1.807, 2.05) is 37.3 Å². The molecule has 122 valence electrons. The Labute approximate surface area is 137 Å². The fourth-order valence-corrected chi connectivity index (χ4v) is 2.31. The SMILES string of the molecule is CC[C@@H](NC(=O)[C@H](C)Oc1ccc(OC)cc1)c1ccccc1. The highest BCUT2D eigenvalue weighted by atomic mass is 16.5. The summed E-state index contributed by atoms with van der Waals surface area (Å²) in [6.45, 7) is 3.80. The second-order valence-electron chi connectivity index (χ2n) is 5.32. The second-order valence-corrected chi connectivity index (χ2v) is 5.32. The van der Waals surface area contributed by atoms with Gasteiger partial charge in [0.2, 0.25) is 0 Å². The van der Waals surface area contributed by atoms with Crippen LogP contribution >= 0.6 is 0 Å². The van der Waals surface area contributed by atoms with Gasteiger partial charge in [0.25, 0.3) is 5.91 Å². The Balaban J connectivity index is 1.95. The number of ether oxygens (including phenoxy) is 2. The van der Waals surface area contributed by atoms with E-state index in [0.29, 0.717) is 5.75 Å². The van der Waals surface area contributed by atoms with Crippen molar-refractivity contribution >= 4 is 5.91 Å². The standard InChI is InChI=1S/C19H23NO3/c1-4-18(15-8-6-5-7-9-15)20-19(21)14(2)23-17-12-10-16(22-3)11-13-17/h5-14,18H,4H2,1-3H3,(H,20,21)/t14-,18+/m0/s1. The number of hydrogen-bond acceptors (Lipinski definition) is 3. The normalized spacial score (nSPS) is 13.0. The van der Waals surface area contributed by atoms with Crippen molar-refractivity contribution in [2.75, 3.05) is 7.11 Å². The Hall–Kier alpha value is -2.49. The first-order valence-corrected chi connectivity index (χ1v) is 7.80. The Kier molecular flexibility index (Phi) is 6.03. The largest absolute Gasteiger partial charge is 0.497 e. The third-order valence-corrected chi connectivity index (χ3v) is 3.67. The molecule has 2 atom stereocenters. The minimum atomic E-state index is -0.568. The van der Waals surface area contributed by atoms with Crippen molar-refractivity contribution in [2.45, 2.75) is 32.4 Å². The lowest BCUT2D eigenvalue weighted by Crippen LogP contribution is -2.38. The number of carbonyl (C=O) groups is 1. The van der Waals surface area contributed by atoms with E-state index in [1.54, 1.807) is 38.3 Å². The molecule has 1 N–H and O–H groups in total. The van der Waals surface area contributed by atoms with Gasteiger partial charge in [0.05, 0.1) is 13.2 Å². The zero-order chi connectivity index (χ0) is 16.7. The van der Waals surface area contributed by atoms with Gasteiger partial charge in [0, 0.05) is 0 Å². The summed E-state index contributed by atoms with van der Waals surface area (Å²) in [6.07, 6.45) is 0.256. The molecule has 0 fully saturated rings. The minimum Gasteiger partial charge on any atom is -0.497 e. The van der Waals surface area contributed by atoms with E-state index in [-0.39, 0.29) is 11.9 Å². The van der Waals surface area contributed by atoms with Crippen LogP contribution in [0.2, 0.25) is 0 Å². The summed E-state index contributed by atoms with van der Waals surface area (Å²) in [6, 6.07) is 17.1. The van der Waals surface area contributed by atoms with Crippen LogP contribution in [0.1, 0.15) is 31.9 Å². The van der Waals surface area contributed by atoms with E-state index in [0.717, 1.165) is 17.7 Å². The predicted octanol–water partition coefficient (Wildman–Crippen LogP) is 3.73. The molecule has 0 saturated carbocycles. The molecule has 0 heterocycles. The molecule has 0 aromatic heterocycles. The van der Waals surface area contributed by atoms with Gasteiger partial charge in [-0.1, -0.05) is 37.3 Å². The fourth-order valence-electron chi connectivity index (χ4n) is 2.31. The molecule has 0 saturated heterocycles. The number of rotatable bonds is 7. The van der Waals surface area contributed by atoms with Crippen LogP contribution in [0, 0.1) is 0 Å². The highest BCUT2D eigenvalue weighted by Gasteiger charge is 2.19. The van der Waals surface area contributed by atoms with Crippen molar-refractivity contribution in [3.8, 4) is 11.5 Å². The maximum atomic E-state index is 12.4. The molecule has 1 amide bonds. The summed E-state index contributed by atoms with van der Waals surface area (Å²) in [5, 5.41) is 3.04. The van der Waals surface area contributed by atoms with E-state index in [9.17, 15) is 4.79 Å². The molecule has 0 spiro atoms. The Morgan fingerprint density at radius 3 is 2.22 bits per heavy atom. The predicted molar refractivity (Wildman–Crippen MR) is 90.7 cm³/mol. The zero-order valence-electron chi connectivity index (χ0n) is 13.8. The van der Waals surface area contributed by atoms with Gasteiger partial charge in [-0.05, 0) is 43.2 Å². The van der Waals surface area contributed by atoms with E-state index >= 15 is 0 Å². The molecule has 0 radical (unpaired) electrons. The van der Waals surface area contributed by atoms with E-state index < -0.39 is 6.10 Å². The van der Waals surface area contributed by atoms with E-state index in [1.165, 1.54) is 0 Å². The van der Waals surface area contributed by atoms with E-state index in [2.05, 4.69) is 5.32 Å². The van der Waals surface area contributed by atoms with Crippen LogP contribution in [0.15, 0.2) is 54.6 Å². The molecule has 2 aromatic rings. The molecule has 23 heavy (non-hydrogen) atoms. The molecule has 0 aliphatic carbocycles. The van der Waals surface area contributed by atoms with Gasteiger partial charge >= 0.3 is 0 Å². The average Bonchev–Trinajstić information content (AvgIpc) is 2.60. The number of methoxy groups -OCH3 is 1. The Morgan fingerprint density at radius 1 is 1.04 bits per heavy atom. The topological polar surface area (TPSA) is 47.6 Å². The monoisotopic (exact) mass is 313 g/mol. The number of benzene rings is 2. The first-order chi connectivity index (χ1) is 11.1. The van der Waals surface area contributed by atoms with Gasteiger partial charge in [-0.25, -0.2) is 0 Å². The molecule has 0 aliphatic heterocycles. The Morgan fingerprint density at radius 2 is 1.65 bits per heavy atom. The van der Waals surface area contributed by atoms with Gasteiger partial charge in [0.1, 0.15) is 11.5 Å². The summed E-state index contributed by atoms with van der Waals surface area (Å²) in [7, 11) is 1.61. The zero-order valence-corrected chi connectivity index (χ0v) is 13.8. The summed E-state index contributed by atoms with van der Waals surface area (Å²) >= 11 is 0. The van der Waals surface area contributed by atoms with Crippen molar-refractivity contribution in [3.63, 3.8) is 0 Å². The molecule has 2 rings (SSSR count). The molecule has 4 nitrogen and oxygen atoms in total. The first-order valence-electron chi connectivity index (χ1n) is 7.80. The molecule has 0 bridgehead atoms. The summed E-state index contributed by atoms with van der Waals surface area (Å²) in [5.74, 6) is 1.27. The third-order valence-electron chi connectivity index (χ3n) is 3.67. The number of nitrogens with one attached hydrogen (secondary N) is 1. The maximum Gasteiger partial charge on any atom is 0.261 e. The number of carbonyl (C=O) groups excluding carboxylic acids is 1. The highest BCUT2D eigenvalue weighted by molar-refractivity contribution is 5.81. The van der Waals surface area contributed by atoms with Crippen LogP contribution < -0.4 is 14.8 Å². The Bertz CT molecular complexity index is 610. The van der Waals surface area contributed by atoms with Crippen LogP contribution in [0.25, 0.3) is 0 Å². The average molecular weight is 313 g/mol. The first kappa shape index (κ1) is 16.9. The van der Waals surface area contributed by atoms with Gasteiger partial charge in [-0.3, -0.25) is 4.79 Å².